The van der Waals surface area contributed by atoms with Crippen molar-refractivity contribution in [2.75, 3.05) is 0 Å². The molecule has 1 aromatic carbocycles. The first kappa shape index (κ1) is 8.95. The fraction of sp³-hybridized carbons (Fsp3) is 0.154. The van der Waals surface area contributed by atoms with Crippen LogP contribution in [0.2, 0.25) is 0 Å². The third-order valence-electron chi connectivity index (χ3n) is 2.50. The van der Waals surface area contributed by atoms with Gasteiger partial charge in [0.15, 0.2) is 0 Å². The van der Waals surface area contributed by atoms with Gasteiger partial charge in [-0.15, -0.1) is 0 Å². The van der Waals surface area contributed by atoms with Crippen LogP contribution < -0.4 is 0 Å². The van der Waals surface area contributed by atoms with Gasteiger partial charge in [-0.2, -0.15) is 0 Å². The SMILES string of the molecule is C=C(C1=CN=CC1)c1ccccc1C. The first-order chi connectivity index (χ1) is 6.79. The Balaban J connectivity index is 2.32. The van der Waals surface area contributed by atoms with Gasteiger partial charge in [-0.1, -0.05) is 30.8 Å². The van der Waals surface area contributed by atoms with Crippen LogP contribution in [0.1, 0.15) is 17.5 Å². The number of aliphatic imine (C=N–C) groups is 1. The maximum absolute atomic E-state index is 4.12. The zero-order valence-electron chi connectivity index (χ0n) is 8.33. The Bertz CT molecular complexity index is 425. The van der Waals surface area contributed by atoms with E-state index in [9.17, 15) is 0 Å². The van der Waals surface area contributed by atoms with Crippen molar-refractivity contribution >= 4 is 11.8 Å². The van der Waals surface area contributed by atoms with Crippen LogP contribution in [0.4, 0.5) is 0 Å². The quantitative estimate of drug-likeness (QED) is 0.666. The van der Waals surface area contributed by atoms with Crippen molar-refractivity contribution in [3.63, 3.8) is 0 Å². The molecule has 1 nitrogen and oxygen atoms in total. The Hall–Kier alpha value is -1.63. The van der Waals surface area contributed by atoms with E-state index in [1.165, 1.54) is 16.7 Å². The van der Waals surface area contributed by atoms with Crippen molar-refractivity contribution < 1.29 is 0 Å². The fourth-order valence-corrected chi connectivity index (χ4v) is 1.63. The number of allylic oxidation sites excluding steroid dienone is 2. The second-order valence-corrected chi connectivity index (χ2v) is 3.48. The molecule has 0 saturated heterocycles. The molecular formula is C13H13N. The smallest absolute Gasteiger partial charge is 0.0305 e. The van der Waals surface area contributed by atoms with Gasteiger partial charge in [0, 0.05) is 18.8 Å². The van der Waals surface area contributed by atoms with E-state index in [2.05, 4.69) is 30.6 Å². The number of aryl methyl sites for hydroxylation is 1. The van der Waals surface area contributed by atoms with Crippen LogP contribution >= 0.6 is 0 Å². The first-order valence-corrected chi connectivity index (χ1v) is 4.75. The Morgan fingerprint density at radius 2 is 2.14 bits per heavy atom. The van der Waals surface area contributed by atoms with E-state index in [0.717, 1.165) is 12.0 Å². The molecule has 0 aliphatic carbocycles. The molecule has 0 fully saturated rings. The van der Waals surface area contributed by atoms with Crippen molar-refractivity contribution in [2.24, 2.45) is 4.99 Å². The molecule has 1 heterocycles. The molecule has 0 spiro atoms. The van der Waals surface area contributed by atoms with Crippen LogP contribution in [0, 0.1) is 6.92 Å². The van der Waals surface area contributed by atoms with E-state index in [1.54, 1.807) is 0 Å². The van der Waals surface area contributed by atoms with Gasteiger partial charge in [-0.05, 0) is 29.2 Å². The Kier molecular flexibility index (Phi) is 2.32. The molecule has 14 heavy (non-hydrogen) atoms. The zero-order chi connectivity index (χ0) is 9.97. The van der Waals surface area contributed by atoms with Crippen LogP contribution in [-0.4, -0.2) is 6.21 Å². The highest BCUT2D eigenvalue weighted by molar-refractivity contribution is 5.85. The third-order valence-corrected chi connectivity index (χ3v) is 2.50. The summed E-state index contributed by atoms with van der Waals surface area (Å²) in [5.41, 5.74) is 4.81. The van der Waals surface area contributed by atoms with E-state index in [1.807, 2.05) is 24.5 Å². The molecule has 1 aliphatic rings. The van der Waals surface area contributed by atoms with Crippen LogP contribution in [-0.2, 0) is 0 Å². The van der Waals surface area contributed by atoms with Gasteiger partial charge in [0.1, 0.15) is 0 Å². The van der Waals surface area contributed by atoms with Gasteiger partial charge in [-0.25, -0.2) is 0 Å². The standard InChI is InChI=1S/C13H13N/c1-10-5-3-4-6-13(10)11(2)12-7-8-14-9-12/h3-6,8-9H,2,7H2,1H3. The van der Waals surface area contributed by atoms with Crippen molar-refractivity contribution in [3.05, 3.63) is 53.7 Å². The highest BCUT2D eigenvalue weighted by Gasteiger charge is 2.08. The van der Waals surface area contributed by atoms with Gasteiger partial charge < -0.3 is 0 Å². The molecule has 0 unspecified atom stereocenters. The van der Waals surface area contributed by atoms with Gasteiger partial charge in [0.25, 0.3) is 0 Å². The van der Waals surface area contributed by atoms with Crippen LogP contribution in [0.15, 0.2) is 47.6 Å². The summed E-state index contributed by atoms with van der Waals surface area (Å²) in [7, 11) is 0. The lowest BCUT2D eigenvalue weighted by atomic mass is 9.95. The molecule has 0 atom stereocenters. The summed E-state index contributed by atoms with van der Waals surface area (Å²) in [6, 6.07) is 8.31. The zero-order valence-corrected chi connectivity index (χ0v) is 8.33. The van der Waals surface area contributed by atoms with Crippen LogP contribution in [0.5, 0.6) is 0 Å². The molecule has 0 bridgehead atoms. The summed E-state index contributed by atoms with van der Waals surface area (Å²) in [5, 5.41) is 0. The Morgan fingerprint density at radius 1 is 1.36 bits per heavy atom. The van der Waals surface area contributed by atoms with E-state index < -0.39 is 0 Å². The molecule has 1 aromatic rings. The summed E-state index contributed by atoms with van der Waals surface area (Å²) in [4.78, 5) is 4.09. The molecule has 0 saturated carbocycles. The summed E-state index contributed by atoms with van der Waals surface area (Å²) in [6.07, 6.45) is 4.72. The maximum atomic E-state index is 4.12. The lowest BCUT2D eigenvalue weighted by Gasteiger charge is -2.08. The van der Waals surface area contributed by atoms with Crippen molar-refractivity contribution in [1.82, 2.24) is 0 Å². The second-order valence-electron chi connectivity index (χ2n) is 3.48. The number of hydrogen-bond donors (Lipinski definition) is 0. The average Bonchev–Trinajstić information content (AvgIpc) is 2.70. The maximum Gasteiger partial charge on any atom is 0.0305 e. The van der Waals surface area contributed by atoms with E-state index in [-0.39, 0.29) is 0 Å². The van der Waals surface area contributed by atoms with Crippen molar-refractivity contribution in [1.29, 1.82) is 0 Å². The Labute approximate surface area is 84.5 Å². The number of hydrogen-bond acceptors (Lipinski definition) is 1. The van der Waals surface area contributed by atoms with Crippen molar-refractivity contribution in [2.45, 2.75) is 13.3 Å². The fourth-order valence-electron chi connectivity index (χ4n) is 1.63. The van der Waals surface area contributed by atoms with Crippen LogP contribution in [0.25, 0.3) is 5.57 Å². The van der Waals surface area contributed by atoms with E-state index in [0.29, 0.717) is 0 Å². The van der Waals surface area contributed by atoms with Gasteiger partial charge in [0.2, 0.25) is 0 Å². The third kappa shape index (κ3) is 1.53. The minimum Gasteiger partial charge on any atom is -0.268 e. The normalized spacial score (nSPS) is 14.2. The minimum absolute atomic E-state index is 0.910. The summed E-state index contributed by atoms with van der Waals surface area (Å²) in [5.74, 6) is 0. The van der Waals surface area contributed by atoms with Crippen LogP contribution in [0.3, 0.4) is 0 Å². The van der Waals surface area contributed by atoms with Gasteiger partial charge >= 0.3 is 0 Å². The molecule has 70 valence electrons. The molecule has 0 radical (unpaired) electrons. The molecule has 0 aromatic heterocycles. The summed E-state index contributed by atoms with van der Waals surface area (Å²) < 4.78 is 0. The predicted octanol–water partition coefficient (Wildman–Crippen LogP) is 3.37. The van der Waals surface area contributed by atoms with E-state index in [4.69, 9.17) is 0 Å². The molecule has 2 rings (SSSR count). The molecule has 0 amide bonds. The Morgan fingerprint density at radius 3 is 2.79 bits per heavy atom. The monoisotopic (exact) mass is 183 g/mol. The average molecular weight is 183 g/mol. The second kappa shape index (κ2) is 3.62. The van der Waals surface area contributed by atoms with E-state index >= 15 is 0 Å². The lowest BCUT2D eigenvalue weighted by Crippen LogP contribution is -1.90. The minimum atomic E-state index is 0.910. The number of rotatable bonds is 2. The topological polar surface area (TPSA) is 12.4 Å². The highest BCUT2D eigenvalue weighted by atomic mass is 14.7. The lowest BCUT2D eigenvalue weighted by molar-refractivity contribution is 1.37. The first-order valence-electron chi connectivity index (χ1n) is 4.75. The van der Waals surface area contributed by atoms with Gasteiger partial charge in [0.05, 0.1) is 0 Å². The molecule has 0 N–H and O–H groups in total. The van der Waals surface area contributed by atoms with Crippen molar-refractivity contribution in [3.8, 4) is 0 Å². The molecular weight excluding hydrogens is 170 g/mol. The number of nitrogens with zero attached hydrogens (tertiary/aromatic N) is 1. The number of benzene rings is 1. The summed E-state index contributed by atoms with van der Waals surface area (Å²) >= 11 is 0. The largest absolute Gasteiger partial charge is 0.268 e. The highest BCUT2D eigenvalue weighted by Crippen LogP contribution is 2.27. The van der Waals surface area contributed by atoms with Gasteiger partial charge in [-0.3, -0.25) is 4.99 Å². The molecule has 1 aliphatic heterocycles. The molecule has 1 heteroatoms. The predicted molar refractivity (Wildman–Crippen MR) is 61.4 cm³/mol. The summed E-state index contributed by atoms with van der Waals surface area (Å²) in [6.45, 7) is 6.23.